The number of nitrogens with zero attached hydrogens (tertiary/aromatic N) is 2. The molecule has 1 aliphatic rings. The van der Waals surface area contributed by atoms with Gasteiger partial charge in [-0.05, 0) is 56.4 Å². The Kier molecular flexibility index (Phi) is 6.16. The lowest BCUT2D eigenvalue weighted by molar-refractivity contribution is -0.123. The summed E-state index contributed by atoms with van der Waals surface area (Å²) in [5.74, 6) is -0.0639. The molecule has 0 radical (unpaired) electrons. The largest absolute Gasteiger partial charge is 0.353 e. The van der Waals surface area contributed by atoms with E-state index in [2.05, 4.69) is 21.8 Å². The molecule has 27 heavy (non-hydrogen) atoms. The molecule has 0 aliphatic heterocycles. The maximum absolute atomic E-state index is 12.5. The lowest BCUT2D eigenvalue weighted by Crippen LogP contribution is -2.34. The predicted octanol–water partition coefficient (Wildman–Crippen LogP) is 3.47. The molecule has 144 valence electrons. The summed E-state index contributed by atoms with van der Waals surface area (Å²) in [5.41, 5.74) is 3.09. The van der Waals surface area contributed by atoms with Crippen LogP contribution in [0.15, 0.2) is 30.6 Å². The summed E-state index contributed by atoms with van der Waals surface area (Å²) in [5, 5.41) is 10.7. The minimum absolute atomic E-state index is 0.0259. The van der Waals surface area contributed by atoms with E-state index in [0.717, 1.165) is 29.7 Å². The first-order valence-corrected chi connectivity index (χ1v) is 9.63. The normalized spacial score (nSPS) is 19.1. The molecule has 7 heteroatoms. The molecule has 2 aromatic rings. The van der Waals surface area contributed by atoms with Crippen molar-refractivity contribution in [3.63, 3.8) is 0 Å². The van der Waals surface area contributed by atoms with Crippen molar-refractivity contribution in [1.29, 1.82) is 0 Å². The van der Waals surface area contributed by atoms with Gasteiger partial charge in [0.25, 0.3) is 0 Å². The summed E-state index contributed by atoms with van der Waals surface area (Å²) < 4.78 is 1.65. The van der Waals surface area contributed by atoms with Gasteiger partial charge >= 0.3 is 0 Å². The third-order valence-electron chi connectivity index (χ3n) is 4.83. The number of benzene rings is 1. The number of amides is 2. The molecule has 1 saturated carbocycles. The van der Waals surface area contributed by atoms with E-state index in [4.69, 9.17) is 11.6 Å². The SMILES string of the molecule is Cc1cc(C)cc(NC(=O)[C@H]2CC[C@@H](NC(=O)CCn3cc(Cl)cn3)C2)c1. The molecule has 1 heterocycles. The van der Waals surface area contributed by atoms with E-state index >= 15 is 0 Å². The Bertz CT molecular complexity index is 813. The number of carbonyl (C=O) groups excluding carboxylic acids is 2. The summed E-state index contributed by atoms with van der Waals surface area (Å²) in [4.78, 5) is 24.7. The molecular weight excluding hydrogens is 364 g/mol. The maximum atomic E-state index is 12.5. The van der Waals surface area contributed by atoms with Gasteiger partial charge in [-0.1, -0.05) is 17.7 Å². The van der Waals surface area contributed by atoms with Gasteiger partial charge in [-0.2, -0.15) is 5.10 Å². The molecule has 0 bridgehead atoms. The molecule has 1 aliphatic carbocycles. The van der Waals surface area contributed by atoms with Gasteiger partial charge in [0.2, 0.25) is 11.8 Å². The van der Waals surface area contributed by atoms with Crippen LogP contribution in [-0.2, 0) is 16.1 Å². The number of nitrogens with one attached hydrogen (secondary N) is 2. The van der Waals surface area contributed by atoms with E-state index in [1.54, 1.807) is 17.1 Å². The van der Waals surface area contributed by atoms with Crippen molar-refractivity contribution < 1.29 is 9.59 Å². The fourth-order valence-corrected chi connectivity index (χ4v) is 3.77. The highest BCUT2D eigenvalue weighted by molar-refractivity contribution is 6.30. The Morgan fingerprint density at radius 1 is 1.22 bits per heavy atom. The minimum Gasteiger partial charge on any atom is -0.353 e. The van der Waals surface area contributed by atoms with Crippen molar-refractivity contribution in [2.75, 3.05) is 5.32 Å². The van der Waals surface area contributed by atoms with E-state index in [9.17, 15) is 9.59 Å². The highest BCUT2D eigenvalue weighted by Gasteiger charge is 2.30. The van der Waals surface area contributed by atoms with Crippen molar-refractivity contribution in [2.24, 2.45) is 5.92 Å². The summed E-state index contributed by atoms with van der Waals surface area (Å²) in [6.45, 7) is 4.52. The van der Waals surface area contributed by atoms with Gasteiger partial charge in [0, 0.05) is 36.8 Å². The fraction of sp³-hybridized carbons (Fsp3) is 0.450. The van der Waals surface area contributed by atoms with Gasteiger partial charge in [0.1, 0.15) is 0 Å². The zero-order valence-corrected chi connectivity index (χ0v) is 16.4. The minimum atomic E-state index is -0.0685. The van der Waals surface area contributed by atoms with Crippen LogP contribution in [0.25, 0.3) is 0 Å². The van der Waals surface area contributed by atoms with Crippen LogP contribution in [0, 0.1) is 19.8 Å². The number of hydrogen-bond acceptors (Lipinski definition) is 3. The standard InChI is InChI=1S/C20H25ClN4O2/c1-13-7-14(2)9-18(8-13)24-20(27)15-3-4-17(10-15)23-19(26)5-6-25-12-16(21)11-22-25/h7-9,11-12,15,17H,3-6,10H2,1-2H3,(H,23,26)(H,24,27)/t15-,17+/m0/s1. The second-order valence-electron chi connectivity index (χ2n) is 7.31. The highest BCUT2D eigenvalue weighted by atomic mass is 35.5. The lowest BCUT2D eigenvalue weighted by Gasteiger charge is -2.14. The summed E-state index contributed by atoms with van der Waals surface area (Å²) >= 11 is 5.81. The molecule has 2 N–H and O–H groups in total. The molecule has 3 rings (SSSR count). The number of rotatable bonds is 6. The molecule has 1 aromatic heterocycles. The monoisotopic (exact) mass is 388 g/mol. The molecule has 6 nitrogen and oxygen atoms in total. The topological polar surface area (TPSA) is 76.0 Å². The first-order chi connectivity index (χ1) is 12.9. The zero-order valence-electron chi connectivity index (χ0n) is 15.7. The Hall–Kier alpha value is -2.34. The number of hydrogen-bond donors (Lipinski definition) is 2. The van der Waals surface area contributed by atoms with Crippen molar-refractivity contribution in [3.05, 3.63) is 46.7 Å². The van der Waals surface area contributed by atoms with Crippen LogP contribution in [0.4, 0.5) is 5.69 Å². The Labute approximate surface area is 164 Å². The summed E-state index contributed by atoms with van der Waals surface area (Å²) in [6.07, 6.45) is 5.87. The summed E-state index contributed by atoms with van der Waals surface area (Å²) in [6, 6.07) is 6.07. The van der Waals surface area contributed by atoms with Gasteiger partial charge in [-0.3, -0.25) is 14.3 Å². The lowest BCUT2D eigenvalue weighted by atomic mass is 10.1. The van der Waals surface area contributed by atoms with Crippen molar-refractivity contribution in [1.82, 2.24) is 15.1 Å². The third kappa shape index (κ3) is 5.57. The molecule has 2 atom stereocenters. The molecule has 0 spiro atoms. The second kappa shape index (κ2) is 8.57. The van der Waals surface area contributed by atoms with Gasteiger partial charge in [-0.25, -0.2) is 0 Å². The molecule has 2 amide bonds. The maximum Gasteiger partial charge on any atom is 0.227 e. The average Bonchev–Trinajstić information content (AvgIpc) is 3.21. The summed E-state index contributed by atoms with van der Waals surface area (Å²) in [7, 11) is 0. The van der Waals surface area contributed by atoms with Crippen LogP contribution in [-0.4, -0.2) is 27.6 Å². The molecule has 1 fully saturated rings. The van der Waals surface area contributed by atoms with Crippen molar-refractivity contribution in [2.45, 2.75) is 52.1 Å². The van der Waals surface area contributed by atoms with E-state index in [-0.39, 0.29) is 23.8 Å². The van der Waals surface area contributed by atoms with Crippen molar-refractivity contribution in [3.8, 4) is 0 Å². The average molecular weight is 389 g/mol. The van der Waals surface area contributed by atoms with Gasteiger partial charge < -0.3 is 10.6 Å². The van der Waals surface area contributed by atoms with Crippen LogP contribution in [0.1, 0.15) is 36.8 Å². The van der Waals surface area contributed by atoms with E-state index in [1.807, 2.05) is 26.0 Å². The van der Waals surface area contributed by atoms with Gasteiger partial charge in [0.15, 0.2) is 0 Å². The Morgan fingerprint density at radius 2 is 1.96 bits per heavy atom. The molecular formula is C20H25ClN4O2. The number of aryl methyl sites for hydroxylation is 3. The van der Waals surface area contributed by atoms with Crippen LogP contribution in [0.5, 0.6) is 0 Å². The van der Waals surface area contributed by atoms with E-state index < -0.39 is 0 Å². The van der Waals surface area contributed by atoms with Crippen LogP contribution >= 0.6 is 11.6 Å². The molecule has 1 aromatic carbocycles. The predicted molar refractivity (Wildman–Crippen MR) is 106 cm³/mol. The first kappa shape index (κ1) is 19.4. The second-order valence-corrected chi connectivity index (χ2v) is 7.75. The Morgan fingerprint density at radius 3 is 2.63 bits per heavy atom. The fourth-order valence-electron chi connectivity index (χ4n) is 3.62. The first-order valence-electron chi connectivity index (χ1n) is 9.25. The molecule has 0 unspecified atom stereocenters. The number of carbonyl (C=O) groups is 2. The third-order valence-corrected chi connectivity index (χ3v) is 5.02. The van der Waals surface area contributed by atoms with Crippen molar-refractivity contribution >= 4 is 29.1 Å². The number of aromatic nitrogens is 2. The Balaban J connectivity index is 1.44. The molecule has 0 saturated heterocycles. The van der Waals surface area contributed by atoms with E-state index in [0.29, 0.717) is 24.4 Å². The van der Waals surface area contributed by atoms with Gasteiger partial charge in [-0.15, -0.1) is 0 Å². The van der Waals surface area contributed by atoms with Crippen LogP contribution < -0.4 is 10.6 Å². The van der Waals surface area contributed by atoms with Gasteiger partial charge in [0.05, 0.1) is 11.2 Å². The smallest absolute Gasteiger partial charge is 0.227 e. The quantitative estimate of drug-likeness (QED) is 0.795. The van der Waals surface area contributed by atoms with E-state index in [1.165, 1.54) is 0 Å². The van der Waals surface area contributed by atoms with Crippen LogP contribution in [0.2, 0.25) is 5.02 Å². The highest BCUT2D eigenvalue weighted by Crippen LogP contribution is 2.27. The zero-order chi connectivity index (χ0) is 19.4. The number of halogens is 1. The number of anilines is 1. The van der Waals surface area contributed by atoms with Crippen LogP contribution in [0.3, 0.4) is 0 Å².